The van der Waals surface area contributed by atoms with Gasteiger partial charge in [0.2, 0.25) is 0 Å². The number of carbonyl (C=O) groups excluding carboxylic acids is 1. The van der Waals surface area contributed by atoms with Crippen LogP contribution in [0.25, 0.3) is 20.7 Å². The first-order valence-electron chi connectivity index (χ1n) is 7.63. The third-order valence-electron chi connectivity index (χ3n) is 4.22. The molecule has 1 saturated heterocycles. The minimum atomic E-state index is 0.143. The predicted molar refractivity (Wildman–Crippen MR) is 96.3 cm³/mol. The number of thiophene rings is 2. The Kier molecular flexibility index (Phi) is 3.88. The smallest absolute Gasteiger partial charge is 0.264 e. The summed E-state index contributed by atoms with van der Waals surface area (Å²) in [6.45, 7) is 3.45. The largest absolute Gasteiger partial charge is 0.335 e. The number of hydrogen-bond acceptors (Lipinski definition) is 5. The maximum absolute atomic E-state index is 13.1. The number of piperazine rings is 1. The van der Waals surface area contributed by atoms with Crippen LogP contribution < -0.4 is 0 Å². The van der Waals surface area contributed by atoms with Crippen LogP contribution >= 0.6 is 22.7 Å². The lowest BCUT2D eigenvalue weighted by molar-refractivity contribution is 0.0670. The summed E-state index contributed by atoms with van der Waals surface area (Å²) in [5.74, 6) is 0.143. The first-order valence-corrected chi connectivity index (χ1v) is 9.33. The molecule has 1 amide bonds. The summed E-state index contributed by atoms with van der Waals surface area (Å²) >= 11 is 3.19. The van der Waals surface area contributed by atoms with Gasteiger partial charge < -0.3 is 9.80 Å². The lowest BCUT2D eigenvalue weighted by Gasteiger charge is -2.32. The highest BCUT2D eigenvalue weighted by atomic mass is 32.1. The second-order valence-electron chi connectivity index (χ2n) is 5.74. The molecule has 0 unspecified atom stereocenters. The summed E-state index contributed by atoms with van der Waals surface area (Å²) < 4.78 is 0. The molecule has 4 rings (SSSR count). The highest BCUT2D eigenvalue weighted by Gasteiger charge is 2.26. The highest BCUT2D eigenvalue weighted by molar-refractivity contribution is 7.22. The zero-order valence-corrected chi connectivity index (χ0v) is 14.5. The fourth-order valence-corrected chi connectivity index (χ4v) is 4.88. The first-order chi connectivity index (χ1) is 11.2. The van der Waals surface area contributed by atoms with Crippen LogP contribution in [0, 0.1) is 0 Å². The molecular formula is C17H17N3OS2. The molecule has 4 nitrogen and oxygen atoms in total. The van der Waals surface area contributed by atoms with E-state index >= 15 is 0 Å². The molecule has 0 N–H and O–H groups in total. The number of carbonyl (C=O) groups is 1. The van der Waals surface area contributed by atoms with E-state index in [1.165, 1.54) is 11.3 Å². The SMILES string of the molecule is CN1CCN(C(=O)c2sc3ncccc3c2-c2cccs2)CC1. The van der Waals surface area contributed by atoms with Crippen molar-refractivity contribution in [3.05, 3.63) is 40.7 Å². The predicted octanol–water partition coefficient (Wildman–Crippen LogP) is 3.41. The fourth-order valence-electron chi connectivity index (χ4n) is 2.90. The van der Waals surface area contributed by atoms with E-state index < -0.39 is 0 Å². The van der Waals surface area contributed by atoms with Crippen molar-refractivity contribution >= 4 is 38.8 Å². The molecule has 3 aromatic heterocycles. The molecule has 1 fully saturated rings. The Labute approximate surface area is 143 Å². The van der Waals surface area contributed by atoms with Crippen molar-refractivity contribution in [3.63, 3.8) is 0 Å². The molecular weight excluding hydrogens is 326 g/mol. The molecule has 3 aromatic rings. The van der Waals surface area contributed by atoms with Gasteiger partial charge in [-0.15, -0.1) is 22.7 Å². The van der Waals surface area contributed by atoms with Gasteiger partial charge in [0.05, 0.1) is 0 Å². The number of pyridine rings is 1. The maximum atomic E-state index is 13.1. The number of nitrogens with zero attached hydrogens (tertiary/aromatic N) is 3. The second-order valence-corrected chi connectivity index (χ2v) is 7.68. The van der Waals surface area contributed by atoms with Crippen molar-refractivity contribution in [3.8, 4) is 10.4 Å². The second kappa shape index (κ2) is 6.03. The Morgan fingerprint density at radius 1 is 1.17 bits per heavy atom. The Bertz CT molecular complexity index is 833. The van der Waals surface area contributed by atoms with Gasteiger partial charge in [-0.1, -0.05) is 6.07 Å². The average Bonchev–Trinajstić information content (AvgIpc) is 3.21. The van der Waals surface area contributed by atoms with Crippen LogP contribution in [0.3, 0.4) is 0 Å². The summed E-state index contributed by atoms with van der Waals surface area (Å²) in [4.78, 5) is 24.7. The molecule has 4 heterocycles. The maximum Gasteiger partial charge on any atom is 0.264 e. The standard InChI is InChI=1S/C17H17N3OS2/c1-19-7-9-20(10-8-19)17(21)15-14(13-5-3-11-22-13)12-4-2-6-18-16(12)23-15/h2-6,11H,7-10H2,1H3. The Hall–Kier alpha value is -1.76. The fraction of sp³-hybridized carbons (Fsp3) is 0.294. The lowest BCUT2D eigenvalue weighted by atomic mass is 10.1. The van der Waals surface area contributed by atoms with Gasteiger partial charge >= 0.3 is 0 Å². The lowest BCUT2D eigenvalue weighted by Crippen LogP contribution is -2.47. The van der Waals surface area contributed by atoms with Gasteiger partial charge in [-0.2, -0.15) is 0 Å². The number of hydrogen-bond donors (Lipinski definition) is 0. The number of fused-ring (bicyclic) bond motifs is 1. The summed E-state index contributed by atoms with van der Waals surface area (Å²) in [6.07, 6.45) is 1.79. The molecule has 1 aliphatic rings. The van der Waals surface area contributed by atoms with Crippen LogP contribution in [0.1, 0.15) is 9.67 Å². The average molecular weight is 343 g/mol. The van der Waals surface area contributed by atoms with Crippen LogP contribution in [-0.4, -0.2) is 53.9 Å². The highest BCUT2D eigenvalue weighted by Crippen LogP contribution is 2.40. The summed E-state index contributed by atoms with van der Waals surface area (Å²) in [5, 5.41) is 3.14. The van der Waals surface area contributed by atoms with Gasteiger partial charge in [0.1, 0.15) is 9.71 Å². The van der Waals surface area contributed by atoms with Gasteiger partial charge in [-0.3, -0.25) is 4.79 Å². The third-order valence-corrected chi connectivity index (χ3v) is 6.21. The summed E-state index contributed by atoms with van der Waals surface area (Å²) in [6, 6.07) is 8.12. The van der Waals surface area contributed by atoms with Crippen molar-refractivity contribution in [1.29, 1.82) is 0 Å². The van der Waals surface area contributed by atoms with Gasteiger partial charge in [-0.25, -0.2) is 4.98 Å². The van der Waals surface area contributed by atoms with Crippen molar-refractivity contribution in [1.82, 2.24) is 14.8 Å². The summed E-state index contributed by atoms with van der Waals surface area (Å²) in [7, 11) is 2.10. The molecule has 0 bridgehead atoms. The zero-order valence-electron chi connectivity index (χ0n) is 12.9. The topological polar surface area (TPSA) is 36.4 Å². The molecule has 0 saturated carbocycles. The van der Waals surface area contributed by atoms with E-state index in [4.69, 9.17) is 0 Å². The molecule has 0 radical (unpaired) electrons. The van der Waals surface area contributed by atoms with Crippen molar-refractivity contribution in [2.75, 3.05) is 33.2 Å². The first kappa shape index (κ1) is 14.8. The molecule has 6 heteroatoms. The van der Waals surface area contributed by atoms with E-state index in [1.807, 2.05) is 17.0 Å². The van der Waals surface area contributed by atoms with E-state index in [0.29, 0.717) is 0 Å². The minimum absolute atomic E-state index is 0.143. The van der Waals surface area contributed by atoms with E-state index in [1.54, 1.807) is 17.5 Å². The van der Waals surface area contributed by atoms with Gasteiger partial charge in [0.25, 0.3) is 5.91 Å². The van der Waals surface area contributed by atoms with Gasteiger partial charge in [-0.05, 0) is 30.6 Å². The van der Waals surface area contributed by atoms with Gasteiger partial charge in [0.15, 0.2) is 0 Å². The Balaban J connectivity index is 1.80. The van der Waals surface area contributed by atoms with Crippen LogP contribution in [0.15, 0.2) is 35.8 Å². The summed E-state index contributed by atoms with van der Waals surface area (Å²) in [5.41, 5.74) is 1.05. The number of likely N-dealkylation sites (N-methyl/N-ethyl adjacent to an activating group) is 1. The molecule has 1 aliphatic heterocycles. The molecule has 0 aromatic carbocycles. The molecule has 23 heavy (non-hydrogen) atoms. The van der Waals surface area contributed by atoms with E-state index in [9.17, 15) is 4.79 Å². The molecule has 0 spiro atoms. The molecule has 0 aliphatic carbocycles. The number of aromatic nitrogens is 1. The third kappa shape index (κ3) is 2.67. The van der Waals surface area contributed by atoms with Crippen LogP contribution in [0.5, 0.6) is 0 Å². The Morgan fingerprint density at radius 3 is 2.74 bits per heavy atom. The number of amides is 1. The van der Waals surface area contributed by atoms with E-state index in [2.05, 4.69) is 34.4 Å². The van der Waals surface area contributed by atoms with E-state index in [0.717, 1.165) is 51.7 Å². The minimum Gasteiger partial charge on any atom is -0.335 e. The van der Waals surface area contributed by atoms with Crippen molar-refractivity contribution in [2.24, 2.45) is 0 Å². The van der Waals surface area contributed by atoms with Crippen molar-refractivity contribution < 1.29 is 4.79 Å². The zero-order chi connectivity index (χ0) is 15.8. The Morgan fingerprint density at radius 2 is 2.00 bits per heavy atom. The monoisotopic (exact) mass is 343 g/mol. The quantitative estimate of drug-likeness (QED) is 0.715. The van der Waals surface area contributed by atoms with Crippen LogP contribution in [-0.2, 0) is 0 Å². The van der Waals surface area contributed by atoms with Crippen LogP contribution in [0.4, 0.5) is 0 Å². The van der Waals surface area contributed by atoms with E-state index in [-0.39, 0.29) is 5.91 Å². The van der Waals surface area contributed by atoms with Gasteiger partial charge in [0, 0.05) is 48.2 Å². The molecule has 0 atom stereocenters. The van der Waals surface area contributed by atoms with Crippen molar-refractivity contribution in [2.45, 2.75) is 0 Å². The normalized spacial score (nSPS) is 16.1. The molecule has 118 valence electrons. The van der Waals surface area contributed by atoms with Crippen LogP contribution in [0.2, 0.25) is 0 Å². The number of rotatable bonds is 2.